The summed E-state index contributed by atoms with van der Waals surface area (Å²) in [5.74, 6) is 0.590. The van der Waals surface area contributed by atoms with E-state index in [1.54, 1.807) is 7.11 Å². The molecule has 0 bridgehead atoms. The summed E-state index contributed by atoms with van der Waals surface area (Å²) in [6.45, 7) is 1.78. The molecule has 0 spiro atoms. The Morgan fingerprint density at radius 2 is 2.10 bits per heavy atom. The van der Waals surface area contributed by atoms with Gasteiger partial charge in [-0.15, -0.1) is 0 Å². The van der Waals surface area contributed by atoms with Crippen LogP contribution in [0.4, 0.5) is 0 Å². The van der Waals surface area contributed by atoms with Crippen molar-refractivity contribution in [3.05, 3.63) is 35.4 Å². The molecule has 1 amide bonds. The number of hydrogen-bond donors (Lipinski definition) is 2. The van der Waals surface area contributed by atoms with Crippen molar-refractivity contribution in [2.24, 2.45) is 17.6 Å². The number of nitrogens with two attached hydrogens (primary N) is 1. The third-order valence-electron chi connectivity index (χ3n) is 4.32. The Kier molecular flexibility index (Phi) is 6.21. The summed E-state index contributed by atoms with van der Waals surface area (Å²) < 4.78 is 5.13. The molecule has 1 fully saturated rings. The molecular weight excluding hydrogens is 264 g/mol. The van der Waals surface area contributed by atoms with Gasteiger partial charge >= 0.3 is 0 Å². The van der Waals surface area contributed by atoms with E-state index >= 15 is 0 Å². The van der Waals surface area contributed by atoms with Gasteiger partial charge in [-0.25, -0.2) is 0 Å². The summed E-state index contributed by atoms with van der Waals surface area (Å²) in [5, 5.41) is 3.07. The second-order valence-electron chi connectivity index (χ2n) is 5.86. The maximum absolute atomic E-state index is 12.4. The molecule has 2 rings (SSSR count). The van der Waals surface area contributed by atoms with Crippen molar-refractivity contribution < 1.29 is 9.53 Å². The minimum atomic E-state index is 0.0888. The van der Waals surface area contributed by atoms with Gasteiger partial charge in [-0.3, -0.25) is 4.79 Å². The van der Waals surface area contributed by atoms with Crippen LogP contribution in [0.2, 0.25) is 0 Å². The molecule has 3 N–H and O–H groups in total. The Hall–Kier alpha value is -1.39. The van der Waals surface area contributed by atoms with Crippen molar-refractivity contribution in [1.29, 1.82) is 0 Å². The predicted molar refractivity (Wildman–Crippen MR) is 83.5 cm³/mol. The number of benzene rings is 1. The minimum Gasteiger partial charge on any atom is -0.380 e. The topological polar surface area (TPSA) is 64.3 Å². The first-order chi connectivity index (χ1) is 10.2. The summed E-state index contributed by atoms with van der Waals surface area (Å²) >= 11 is 0. The fraction of sp³-hybridized carbons (Fsp3) is 0.588. The zero-order chi connectivity index (χ0) is 15.1. The molecule has 2 unspecified atom stereocenters. The number of ether oxygens (including phenoxy) is 1. The smallest absolute Gasteiger partial charge is 0.223 e. The van der Waals surface area contributed by atoms with Crippen LogP contribution in [-0.2, 0) is 22.7 Å². The molecule has 1 saturated carbocycles. The SMILES string of the molecule is COCc1cccc(CNC(=O)C2CCCCC2CN)c1. The number of hydrogen-bond acceptors (Lipinski definition) is 3. The van der Waals surface area contributed by atoms with E-state index in [0.29, 0.717) is 25.6 Å². The zero-order valence-electron chi connectivity index (χ0n) is 12.8. The van der Waals surface area contributed by atoms with E-state index in [4.69, 9.17) is 10.5 Å². The lowest BCUT2D eigenvalue weighted by atomic mass is 9.79. The number of amides is 1. The average molecular weight is 290 g/mol. The second kappa shape index (κ2) is 8.15. The lowest BCUT2D eigenvalue weighted by molar-refractivity contribution is -0.127. The predicted octanol–water partition coefficient (Wildman–Crippen LogP) is 2.21. The van der Waals surface area contributed by atoms with Gasteiger partial charge in [-0.1, -0.05) is 37.1 Å². The quantitative estimate of drug-likeness (QED) is 0.844. The molecule has 1 aromatic rings. The molecule has 0 radical (unpaired) electrons. The molecule has 2 atom stereocenters. The van der Waals surface area contributed by atoms with Crippen LogP contribution in [0.3, 0.4) is 0 Å². The van der Waals surface area contributed by atoms with Crippen molar-refractivity contribution in [2.45, 2.75) is 38.8 Å². The highest BCUT2D eigenvalue weighted by Crippen LogP contribution is 2.29. The molecule has 1 aliphatic carbocycles. The van der Waals surface area contributed by atoms with Gasteiger partial charge in [-0.05, 0) is 36.4 Å². The first kappa shape index (κ1) is 16.0. The number of rotatable bonds is 6. The van der Waals surface area contributed by atoms with E-state index < -0.39 is 0 Å². The lowest BCUT2D eigenvalue weighted by Gasteiger charge is -2.29. The highest BCUT2D eigenvalue weighted by molar-refractivity contribution is 5.79. The van der Waals surface area contributed by atoms with Gasteiger partial charge in [0.15, 0.2) is 0 Å². The highest BCUT2D eigenvalue weighted by atomic mass is 16.5. The monoisotopic (exact) mass is 290 g/mol. The Morgan fingerprint density at radius 1 is 1.33 bits per heavy atom. The van der Waals surface area contributed by atoms with Crippen molar-refractivity contribution in [1.82, 2.24) is 5.32 Å². The molecule has 0 heterocycles. The van der Waals surface area contributed by atoms with Gasteiger partial charge in [-0.2, -0.15) is 0 Å². The van der Waals surface area contributed by atoms with Crippen molar-refractivity contribution in [2.75, 3.05) is 13.7 Å². The number of carbonyl (C=O) groups is 1. The van der Waals surface area contributed by atoms with Crippen molar-refractivity contribution >= 4 is 5.91 Å². The molecule has 0 aromatic heterocycles. The summed E-state index contributed by atoms with van der Waals surface area (Å²) in [5.41, 5.74) is 8.03. The molecule has 116 valence electrons. The fourth-order valence-corrected chi connectivity index (χ4v) is 3.15. The first-order valence-corrected chi connectivity index (χ1v) is 7.79. The Morgan fingerprint density at radius 3 is 2.86 bits per heavy atom. The van der Waals surface area contributed by atoms with Crippen LogP contribution in [0.15, 0.2) is 24.3 Å². The van der Waals surface area contributed by atoms with Crippen LogP contribution in [0.5, 0.6) is 0 Å². The second-order valence-corrected chi connectivity index (χ2v) is 5.86. The molecule has 1 aromatic carbocycles. The number of carbonyl (C=O) groups excluding carboxylic acids is 1. The van der Waals surface area contributed by atoms with E-state index in [-0.39, 0.29) is 11.8 Å². The number of nitrogens with one attached hydrogen (secondary N) is 1. The van der Waals surface area contributed by atoms with Crippen LogP contribution >= 0.6 is 0 Å². The van der Waals surface area contributed by atoms with Crippen LogP contribution < -0.4 is 11.1 Å². The van der Waals surface area contributed by atoms with Gasteiger partial charge in [0.2, 0.25) is 5.91 Å². The first-order valence-electron chi connectivity index (χ1n) is 7.79. The van der Waals surface area contributed by atoms with Crippen LogP contribution in [0.1, 0.15) is 36.8 Å². The van der Waals surface area contributed by atoms with E-state index in [0.717, 1.165) is 30.4 Å². The third kappa shape index (κ3) is 4.55. The fourth-order valence-electron chi connectivity index (χ4n) is 3.15. The van der Waals surface area contributed by atoms with Crippen LogP contribution in [0, 0.1) is 11.8 Å². The maximum Gasteiger partial charge on any atom is 0.223 e. The molecule has 4 nitrogen and oxygen atoms in total. The molecule has 0 aliphatic heterocycles. The Bertz CT molecular complexity index is 462. The summed E-state index contributed by atoms with van der Waals surface area (Å²) in [6, 6.07) is 8.13. The van der Waals surface area contributed by atoms with Gasteiger partial charge < -0.3 is 15.8 Å². The van der Waals surface area contributed by atoms with E-state index in [2.05, 4.69) is 11.4 Å². The average Bonchev–Trinajstić information content (AvgIpc) is 2.53. The largest absolute Gasteiger partial charge is 0.380 e. The summed E-state index contributed by atoms with van der Waals surface area (Å²) in [4.78, 5) is 12.4. The van der Waals surface area contributed by atoms with Gasteiger partial charge in [0.25, 0.3) is 0 Å². The number of methoxy groups -OCH3 is 1. The lowest BCUT2D eigenvalue weighted by Crippen LogP contribution is -2.39. The molecule has 0 saturated heterocycles. The highest BCUT2D eigenvalue weighted by Gasteiger charge is 2.29. The van der Waals surface area contributed by atoms with Crippen LogP contribution in [-0.4, -0.2) is 19.6 Å². The summed E-state index contributed by atoms with van der Waals surface area (Å²) in [7, 11) is 1.69. The van der Waals surface area contributed by atoms with Crippen molar-refractivity contribution in [3.8, 4) is 0 Å². The minimum absolute atomic E-state index is 0.0888. The molecular formula is C17H26N2O2. The molecule has 1 aliphatic rings. The van der Waals surface area contributed by atoms with Crippen LogP contribution in [0.25, 0.3) is 0 Å². The van der Waals surface area contributed by atoms with Gasteiger partial charge in [0, 0.05) is 19.6 Å². The maximum atomic E-state index is 12.4. The van der Waals surface area contributed by atoms with E-state index in [1.807, 2.05) is 18.2 Å². The molecule has 4 heteroatoms. The summed E-state index contributed by atoms with van der Waals surface area (Å²) in [6.07, 6.45) is 4.39. The standard InChI is InChI=1S/C17H26N2O2/c1-21-12-14-6-4-5-13(9-14)11-19-17(20)16-8-3-2-7-15(16)10-18/h4-6,9,15-16H,2-3,7-8,10-12,18H2,1H3,(H,19,20). The van der Waals surface area contributed by atoms with E-state index in [9.17, 15) is 4.79 Å². The van der Waals surface area contributed by atoms with Gasteiger partial charge in [0.05, 0.1) is 6.61 Å². The third-order valence-corrected chi connectivity index (χ3v) is 4.32. The molecule has 21 heavy (non-hydrogen) atoms. The Labute approximate surface area is 127 Å². The Balaban J connectivity index is 1.89. The zero-order valence-corrected chi connectivity index (χ0v) is 12.8. The van der Waals surface area contributed by atoms with Crippen molar-refractivity contribution in [3.63, 3.8) is 0 Å². The van der Waals surface area contributed by atoms with Gasteiger partial charge in [0.1, 0.15) is 0 Å². The normalized spacial score (nSPS) is 22.0. The van der Waals surface area contributed by atoms with E-state index in [1.165, 1.54) is 6.42 Å².